The Kier molecular flexibility index (Phi) is 6.99. The van der Waals surface area contributed by atoms with E-state index in [1.165, 1.54) is 12.8 Å². The zero-order chi connectivity index (χ0) is 13.7. The molecule has 2 atom stereocenters. The summed E-state index contributed by atoms with van der Waals surface area (Å²) in [5.41, 5.74) is 7.00. The van der Waals surface area contributed by atoms with E-state index in [0.717, 1.165) is 5.56 Å². The molecule has 112 valence electrons. The number of hydrogen-bond acceptors (Lipinski definition) is 3. The average molecular weight is 299 g/mol. The number of hydrogen-bond donors (Lipinski definition) is 2. The Hall–Kier alpha value is -1.10. The number of rotatable bonds is 7. The lowest BCUT2D eigenvalue weighted by molar-refractivity contribution is -0.132. The second-order valence-corrected chi connectivity index (χ2v) is 5.19. The quantitative estimate of drug-likeness (QED) is 0.808. The Balaban J connectivity index is 0.00000200. The van der Waals surface area contributed by atoms with Gasteiger partial charge in [0.05, 0.1) is 6.61 Å². The van der Waals surface area contributed by atoms with Crippen molar-refractivity contribution in [1.29, 1.82) is 0 Å². The van der Waals surface area contributed by atoms with Gasteiger partial charge in [-0.05, 0) is 31.2 Å². The molecule has 1 fully saturated rings. The predicted octanol–water partition coefficient (Wildman–Crippen LogP) is 1.87. The molecule has 2 unspecified atom stereocenters. The Labute approximate surface area is 126 Å². The van der Waals surface area contributed by atoms with Crippen molar-refractivity contribution >= 4 is 18.3 Å². The molecule has 2 rings (SSSR count). The number of halogens is 1. The first-order valence-electron chi connectivity index (χ1n) is 6.85. The van der Waals surface area contributed by atoms with Gasteiger partial charge in [-0.2, -0.15) is 0 Å². The van der Waals surface area contributed by atoms with E-state index in [4.69, 9.17) is 10.5 Å². The van der Waals surface area contributed by atoms with Gasteiger partial charge in [-0.25, -0.2) is 0 Å². The van der Waals surface area contributed by atoms with Crippen LogP contribution in [0.1, 0.15) is 25.3 Å². The topological polar surface area (TPSA) is 64.3 Å². The maximum absolute atomic E-state index is 11.8. The molecule has 0 bridgehead atoms. The Bertz CT molecular complexity index is 410. The lowest BCUT2D eigenvalue weighted by atomic mass is 10.2. The normalized spacial score (nSPS) is 16.9. The van der Waals surface area contributed by atoms with Gasteiger partial charge in [-0.1, -0.05) is 30.3 Å². The number of carbonyl (C=O) groups is 1. The van der Waals surface area contributed by atoms with Gasteiger partial charge in [-0.15, -0.1) is 12.4 Å². The number of carbonyl (C=O) groups excluding carboxylic acids is 1. The molecule has 0 saturated heterocycles. The highest BCUT2D eigenvalue weighted by atomic mass is 35.5. The number of ether oxygens (including phenoxy) is 1. The van der Waals surface area contributed by atoms with Gasteiger partial charge in [-0.3, -0.25) is 4.79 Å². The predicted molar refractivity (Wildman–Crippen MR) is 81.7 cm³/mol. The molecule has 4 nitrogen and oxygen atoms in total. The first kappa shape index (κ1) is 17.0. The maximum Gasteiger partial charge on any atom is 0.248 e. The minimum Gasteiger partial charge on any atom is -0.364 e. The van der Waals surface area contributed by atoms with E-state index < -0.39 is 6.10 Å². The third-order valence-corrected chi connectivity index (χ3v) is 3.45. The Morgan fingerprint density at radius 3 is 2.65 bits per heavy atom. The number of nitrogens with one attached hydrogen (secondary N) is 1. The summed E-state index contributed by atoms with van der Waals surface area (Å²) >= 11 is 0. The Morgan fingerprint density at radius 2 is 2.05 bits per heavy atom. The van der Waals surface area contributed by atoms with Gasteiger partial charge in [0.15, 0.2) is 0 Å². The summed E-state index contributed by atoms with van der Waals surface area (Å²) in [5.74, 6) is 0.507. The van der Waals surface area contributed by atoms with E-state index in [2.05, 4.69) is 5.32 Å². The van der Waals surface area contributed by atoms with Gasteiger partial charge in [0.1, 0.15) is 6.10 Å². The zero-order valence-electron chi connectivity index (χ0n) is 11.7. The van der Waals surface area contributed by atoms with E-state index in [9.17, 15) is 4.79 Å². The fraction of sp³-hybridized carbons (Fsp3) is 0.533. The van der Waals surface area contributed by atoms with E-state index in [1.54, 1.807) is 6.92 Å². The van der Waals surface area contributed by atoms with E-state index in [-0.39, 0.29) is 24.4 Å². The molecule has 20 heavy (non-hydrogen) atoms. The van der Waals surface area contributed by atoms with Crippen molar-refractivity contribution < 1.29 is 9.53 Å². The molecule has 0 aliphatic heterocycles. The van der Waals surface area contributed by atoms with Crippen molar-refractivity contribution in [3.05, 3.63) is 35.9 Å². The van der Waals surface area contributed by atoms with Crippen molar-refractivity contribution in [3.8, 4) is 0 Å². The lowest BCUT2D eigenvalue weighted by Gasteiger charge is -2.16. The molecule has 5 heteroatoms. The molecule has 0 spiro atoms. The summed E-state index contributed by atoms with van der Waals surface area (Å²) in [6.07, 6.45) is 1.93. The zero-order valence-corrected chi connectivity index (χ0v) is 12.6. The highest BCUT2D eigenvalue weighted by molar-refractivity contribution is 5.85. The lowest BCUT2D eigenvalue weighted by Crippen LogP contribution is -2.42. The van der Waals surface area contributed by atoms with Gasteiger partial charge in [0.2, 0.25) is 5.91 Å². The van der Waals surface area contributed by atoms with Crippen LogP contribution in [0.3, 0.4) is 0 Å². The standard InChI is InChI=1S/C15H22N2O2.ClH/c1-11(19-10-12-5-3-2-4-6-12)15(18)17-9-14(16)13-7-8-13;/h2-6,11,13-14H,7-10,16H2,1H3,(H,17,18);1H. The summed E-state index contributed by atoms with van der Waals surface area (Å²) in [6, 6.07) is 9.92. The third-order valence-electron chi connectivity index (χ3n) is 3.45. The summed E-state index contributed by atoms with van der Waals surface area (Å²) in [7, 11) is 0. The second kappa shape index (κ2) is 8.25. The smallest absolute Gasteiger partial charge is 0.248 e. The number of benzene rings is 1. The van der Waals surface area contributed by atoms with Crippen LogP contribution in [0, 0.1) is 5.92 Å². The van der Waals surface area contributed by atoms with Gasteiger partial charge < -0.3 is 15.8 Å². The molecule has 1 amide bonds. The van der Waals surface area contributed by atoms with Crippen molar-refractivity contribution in [2.75, 3.05) is 6.54 Å². The van der Waals surface area contributed by atoms with Crippen LogP contribution in [0.25, 0.3) is 0 Å². The largest absolute Gasteiger partial charge is 0.364 e. The summed E-state index contributed by atoms with van der Waals surface area (Å²) < 4.78 is 5.55. The van der Waals surface area contributed by atoms with Crippen molar-refractivity contribution in [2.45, 2.75) is 38.5 Å². The van der Waals surface area contributed by atoms with Crippen molar-refractivity contribution in [3.63, 3.8) is 0 Å². The highest BCUT2D eigenvalue weighted by Gasteiger charge is 2.28. The maximum atomic E-state index is 11.8. The minimum atomic E-state index is -0.452. The molecule has 1 aromatic rings. The first-order chi connectivity index (χ1) is 9.16. The summed E-state index contributed by atoms with van der Waals surface area (Å²) in [5, 5.41) is 2.85. The number of amides is 1. The van der Waals surface area contributed by atoms with Crippen LogP contribution < -0.4 is 11.1 Å². The van der Waals surface area contributed by atoms with Gasteiger partial charge >= 0.3 is 0 Å². The summed E-state index contributed by atoms with van der Waals surface area (Å²) in [6.45, 7) is 2.76. The molecule has 1 saturated carbocycles. The monoisotopic (exact) mass is 298 g/mol. The van der Waals surface area contributed by atoms with Gasteiger partial charge in [0, 0.05) is 12.6 Å². The van der Waals surface area contributed by atoms with Crippen molar-refractivity contribution in [1.82, 2.24) is 5.32 Å². The van der Waals surface area contributed by atoms with Crippen LogP contribution in [0.5, 0.6) is 0 Å². The highest BCUT2D eigenvalue weighted by Crippen LogP contribution is 2.31. The minimum absolute atomic E-state index is 0. The van der Waals surface area contributed by atoms with Crippen LogP contribution in [0.2, 0.25) is 0 Å². The molecule has 0 heterocycles. The fourth-order valence-corrected chi connectivity index (χ4v) is 1.92. The van der Waals surface area contributed by atoms with Gasteiger partial charge in [0.25, 0.3) is 0 Å². The van der Waals surface area contributed by atoms with Crippen LogP contribution in [-0.2, 0) is 16.1 Å². The van der Waals surface area contributed by atoms with Crippen molar-refractivity contribution in [2.24, 2.45) is 11.7 Å². The van der Waals surface area contributed by atoms with E-state index >= 15 is 0 Å². The van der Waals surface area contributed by atoms with Crippen LogP contribution in [0.15, 0.2) is 30.3 Å². The molecule has 3 N–H and O–H groups in total. The Morgan fingerprint density at radius 1 is 1.40 bits per heavy atom. The molecular formula is C15H23ClN2O2. The molecule has 0 aromatic heterocycles. The summed E-state index contributed by atoms with van der Waals surface area (Å²) in [4.78, 5) is 11.8. The number of nitrogens with two attached hydrogens (primary N) is 1. The van der Waals surface area contributed by atoms with Crippen LogP contribution in [-0.4, -0.2) is 24.6 Å². The average Bonchev–Trinajstić information content (AvgIpc) is 3.27. The first-order valence-corrected chi connectivity index (χ1v) is 6.85. The molecule has 1 aromatic carbocycles. The SMILES string of the molecule is CC(OCc1ccccc1)C(=O)NCC(N)C1CC1.Cl. The second-order valence-electron chi connectivity index (χ2n) is 5.19. The molecular weight excluding hydrogens is 276 g/mol. The van der Waals surface area contributed by atoms with Crippen LogP contribution in [0.4, 0.5) is 0 Å². The fourth-order valence-electron chi connectivity index (χ4n) is 1.92. The molecule has 1 aliphatic rings. The van der Waals surface area contributed by atoms with E-state index in [0.29, 0.717) is 19.1 Å². The molecule has 0 radical (unpaired) electrons. The third kappa shape index (κ3) is 5.49. The van der Waals surface area contributed by atoms with Crippen LogP contribution >= 0.6 is 12.4 Å². The van der Waals surface area contributed by atoms with E-state index in [1.807, 2.05) is 30.3 Å². The molecule has 1 aliphatic carbocycles.